The second-order valence-electron chi connectivity index (χ2n) is 1.44. The van der Waals surface area contributed by atoms with Gasteiger partial charge in [-0.3, -0.25) is 10.3 Å². The van der Waals surface area contributed by atoms with Crippen molar-refractivity contribution in [2.24, 2.45) is 0 Å². The molecule has 0 fully saturated rings. The lowest BCUT2D eigenvalue weighted by molar-refractivity contribution is -0.0399. The van der Waals surface area contributed by atoms with Crippen LogP contribution < -0.4 is 0 Å². The molecule has 1 N–H and O–H groups in total. The second kappa shape index (κ2) is 5.37. The molecule has 0 rings (SSSR count). The van der Waals surface area contributed by atoms with Crippen molar-refractivity contribution in [1.29, 1.82) is 0 Å². The normalized spacial score (nSPS) is 10.4. The first-order valence-electron chi connectivity index (χ1n) is 2.53. The van der Waals surface area contributed by atoms with Crippen LogP contribution in [-0.4, -0.2) is 16.8 Å². The van der Waals surface area contributed by atoms with Gasteiger partial charge in [0.25, 0.3) is 0 Å². The fraction of sp³-hybridized carbons (Fsp3) is 0.600. The van der Waals surface area contributed by atoms with Crippen molar-refractivity contribution in [2.75, 3.05) is 6.54 Å². The molecule has 0 bridgehead atoms. The first-order valence-corrected chi connectivity index (χ1v) is 3.78. The maximum atomic E-state index is 8.79. The van der Waals surface area contributed by atoms with Gasteiger partial charge in [0.05, 0.1) is 0 Å². The molecular weight excluding hydrogens is 217 g/mol. The van der Waals surface area contributed by atoms with Gasteiger partial charge in [0.2, 0.25) is 0 Å². The van der Waals surface area contributed by atoms with Crippen molar-refractivity contribution >= 4 is 22.6 Å². The lowest BCUT2D eigenvalue weighted by Crippen LogP contribution is -2.11. The molecule has 0 atom stereocenters. The Morgan fingerprint density at radius 1 is 1.75 bits per heavy atom. The predicted molar refractivity (Wildman–Crippen MR) is 41.9 cm³/mol. The van der Waals surface area contributed by atoms with Gasteiger partial charge in [-0.15, -0.1) is 0 Å². The van der Waals surface area contributed by atoms with E-state index in [9.17, 15) is 0 Å². The summed E-state index contributed by atoms with van der Waals surface area (Å²) >= 11 is 2.06. The molecule has 0 aromatic rings. The highest BCUT2D eigenvalue weighted by atomic mass is 127. The summed E-state index contributed by atoms with van der Waals surface area (Å²) in [5, 5.41) is 9.96. The fourth-order valence-corrected chi connectivity index (χ4v) is 0.740. The molecule has 0 heterocycles. The largest absolute Gasteiger partial charge is 0.289 e. The van der Waals surface area contributed by atoms with E-state index in [0.29, 0.717) is 6.54 Å². The van der Waals surface area contributed by atoms with Gasteiger partial charge in [-0.1, -0.05) is 29.5 Å². The van der Waals surface area contributed by atoms with Crippen molar-refractivity contribution in [1.82, 2.24) is 5.06 Å². The van der Waals surface area contributed by atoms with Gasteiger partial charge in [0.15, 0.2) is 0 Å². The third kappa shape index (κ3) is 4.39. The lowest BCUT2D eigenvalue weighted by Gasteiger charge is -2.07. The van der Waals surface area contributed by atoms with E-state index >= 15 is 0 Å². The summed E-state index contributed by atoms with van der Waals surface area (Å²) in [5.41, 5.74) is 0. The van der Waals surface area contributed by atoms with E-state index in [4.69, 9.17) is 5.21 Å². The molecule has 0 aromatic heterocycles. The summed E-state index contributed by atoms with van der Waals surface area (Å²) in [6, 6.07) is 0. The van der Waals surface area contributed by atoms with Crippen molar-refractivity contribution in [3.63, 3.8) is 0 Å². The molecule has 0 aromatic carbocycles. The highest BCUT2D eigenvalue weighted by Gasteiger charge is 1.85. The van der Waals surface area contributed by atoms with Crippen LogP contribution in [-0.2, 0) is 0 Å². The zero-order valence-corrected chi connectivity index (χ0v) is 7.00. The zero-order chi connectivity index (χ0) is 6.41. The van der Waals surface area contributed by atoms with Gasteiger partial charge >= 0.3 is 0 Å². The third-order valence-corrected chi connectivity index (χ3v) is 1.00. The number of rotatable bonds is 3. The molecule has 2 nitrogen and oxygen atoms in total. The molecule has 0 aliphatic heterocycles. The van der Waals surface area contributed by atoms with E-state index in [1.807, 2.05) is 6.92 Å². The summed E-state index contributed by atoms with van der Waals surface area (Å²) in [6.07, 6.45) is 2.60. The molecule has 0 radical (unpaired) electrons. The Labute approximate surface area is 63.3 Å². The van der Waals surface area contributed by atoms with Gasteiger partial charge in [0, 0.05) is 12.7 Å². The molecule has 0 saturated carbocycles. The predicted octanol–water partition coefficient (Wildman–Crippen LogP) is 1.99. The van der Waals surface area contributed by atoms with Gasteiger partial charge in [-0.05, 0) is 10.5 Å². The minimum Gasteiger partial charge on any atom is -0.289 e. The zero-order valence-electron chi connectivity index (χ0n) is 4.84. The Kier molecular flexibility index (Phi) is 5.52. The molecule has 0 aliphatic carbocycles. The maximum absolute atomic E-state index is 8.79. The van der Waals surface area contributed by atoms with E-state index in [1.165, 1.54) is 5.06 Å². The van der Waals surface area contributed by atoms with Gasteiger partial charge in [0.1, 0.15) is 0 Å². The monoisotopic (exact) mass is 227 g/mol. The van der Waals surface area contributed by atoms with Crippen molar-refractivity contribution in [3.8, 4) is 0 Å². The summed E-state index contributed by atoms with van der Waals surface area (Å²) < 4.78 is 1.77. The first-order chi connectivity index (χ1) is 3.81. The highest BCUT2D eigenvalue weighted by Crippen LogP contribution is 1.89. The van der Waals surface area contributed by atoms with Crippen LogP contribution >= 0.6 is 22.6 Å². The summed E-state index contributed by atoms with van der Waals surface area (Å²) in [7, 11) is 0. The Hall–Kier alpha value is 0.230. The Balaban J connectivity index is 3.17. The summed E-state index contributed by atoms with van der Waals surface area (Å²) in [4.78, 5) is 0. The van der Waals surface area contributed by atoms with Gasteiger partial charge < -0.3 is 0 Å². The third-order valence-electron chi connectivity index (χ3n) is 0.681. The van der Waals surface area contributed by atoms with E-state index in [2.05, 4.69) is 22.6 Å². The van der Waals surface area contributed by atoms with Crippen molar-refractivity contribution in [3.05, 3.63) is 10.3 Å². The smallest absolute Gasteiger partial charge is 0.0444 e. The maximum Gasteiger partial charge on any atom is 0.0444 e. The minimum absolute atomic E-state index is 0.708. The molecule has 48 valence electrons. The number of hydrogen-bond acceptors (Lipinski definition) is 2. The van der Waals surface area contributed by atoms with Crippen LogP contribution in [0.25, 0.3) is 0 Å². The SMILES string of the molecule is CCCN(O)C=CI. The minimum atomic E-state index is 0.708. The van der Waals surface area contributed by atoms with E-state index in [0.717, 1.165) is 6.42 Å². The Morgan fingerprint density at radius 2 is 2.38 bits per heavy atom. The van der Waals surface area contributed by atoms with E-state index in [-0.39, 0.29) is 0 Å². The number of hydroxylamine groups is 2. The van der Waals surface area contributed by atoms with Gasteiger partial charge in [-0.25, -0.2) is 0 Å². The van der Waals surface area contributed by atoms with Crippen molar-refractivity contribution in [2.45, 2.75) is 13.3 Å². The van der Waals surface area contributed by atoms with Crippen molar-refractivity contribution < 1.29 is 5.21 Å². The van der Waals surface area contributed by atoms with Crippen LogP contribution in [0, 0.1) is 0 Å². The molecule has 0 unspecified atom stereocenters. The van der Waals surface area contributed by atoms with Crippen LogP contribution in [0.5, 0.6) is 0 Å². The number of hydrogen-bond donors (Lipinski definition) is 1. The molecule has 8 heavy (non-hydrogen) atoms. The standard InChI is InChI=1S/C5H10INO/c1-2-4-7(8)5-3-6/h3,5,8H,2,4H2,1H3. The van der Waals surface area contributed by atoms with Crippen LogP contribution in [0.2, 0.25) is 0 Å². The summed E-state index contributed by atoms with van der Waals surface area (Å²) in [6.45, 7) is 2.73. The van der Waals surface area contributed by atoms with Crippen LogP contribution in [0.3, 0.4) is 0 Å². The lowest BCUT2D eigenvalue weighted by atomic mass is 10.5. The van der Waals surface area contributed by atoms with E-state index < -0.39 is 0 Å². The molecule has 0 amide bonds. The fourth-order valence-electron chi connectivity index (χ4n) is 0.369. The average Bonchev–Trinajstić information content (AvgIpc) is 1.68. The molecule has 0 spiro atoms. The summed E-state index contributed by atoms with van der Waals surface area (Å²) in [5.74, 6) is 0. The molecule has 0 aliphatic rings. The highest BCUT2D eigenvalue weighted by molar-refractivity contribution is 14.1. The molecule has 0 saturated heterocycles. The van der Waals surface area contributed by atoms with Crippen LogP contribution in [0.1, 0.15) is 13.3 Å². The van der Waals surface area contributed by atoms with E-state index in [1.54, 1.807) is 10.3 Å². The average molecular weight is 227 g/mol. The molecule has 3 heteroatoms. The quantitative estimate of drug-likeness (QED) is 0.588. The first kappa shape index (κ1) is 8.23. The number of nitrogens with zero attached hydrogens (tertiary/aromatic N) is 1. The number of halogens is 1. The van der Waals surface area contributed by atoms with Gasteiger partial charge in [-0.2, -0.15) is 0 Å². The second-order valence-corrected chi connectivity index (χ2v) is 2.16. The molecular formula is C5H10INO. The Morgan fingerprint density at radius 3 is 2.75 bits per heavy atom. The topological polar surface area (TPSA) is 23.5 Å². The van der Waals surface area contributed by atoms with Crippen LogP contribution in [0.4, 0.5) is 0 Å². The Bertz CT molecular complexity index is 74.8. The van der Waals surface area contributed by atoms with Crippen LogP contribution in [0.15, 0.2) is 10.3 Å².